The summed E-state index contributed by atoms with van der Waals surface area (Å²) in [5.41, 5.74) is 0. The summed E-state index contributed by atoms with van der Waals surface area (Å²) in [4.78, 5) is 13.7. The van der Waals surface area contributed by atoms with E-state index in [1.807, 2.05) is 0 Å². The third kappa shape index (κ3) is 3.21. The Kier molecular flexibility index (Phi) is 3.42. The topological polar surface area (TPSA) is 66.5 Å². The van der Waals surface area contributed by atoms with Gasteiger partial charge in [-0.05, 0) is 19.3 Å². The number of nitrogens with one attached hydrogen (secondary N) is 1. The van der Waals surface area contributed by atoms with E-state index in [9.17, 15) is 13.2 Å². The van der Waals surface area contributed by atoms with Gasteiger partial charge in [-0.3, -0.25) is 0 Å². The fourth-order valence-corrected chi connectivity index (χ4v) is 3.76. The number of carbonyl (C=O) groups is 1. The Bertz CT molecular complexity index is 414. The van der Waals surface area contributed by atoms with Gasteiger partial charge >= 0.3 is 6.03 Å². The van der Waals surface area contributed by atoms with Crippen molar-refractivity contribution >= 4 is 15.9 Å². The van der Waals surface area contributed by atoms with Crippen LogP contribution in [0, 0.1) is 0 Å². The first kappa shape index (κ1) is 12.4. The fourth-order valence-electron chi connectivity index (χ4n) is 2.09. The van der Waals surface area contributed by atoms with Crippen molar-refractivity contribution < 1.29 is 13.2 Å². The molecule has 0 aromatic carbocycles. The molecule has 1 heterocycles. The summed E-state index contributed by atoms with van der Waals surface area (Å²) in [6.45, 7) is 4.15. The summed E-state index contributed by atoms with van der Waals surface area (Å²) in [5.74, 6) is 0.258. The Labute approximate surface area is 102 Å². The second kappa shape index (κ2) is 4.68. The summed E-state index contributed by atoms with van der Waals surface area (Å²) in [6, 6.07) is -0.0703. The van der Waals surface area contributed by atoms with Crippen LogP contribution in [0.3, 0.4) is 0 Å². The highest BCUT2D eigenvalue weighted by Gasteiger charge is 2.34. The van der Waals surface area contributed by atoms with Crippen LogP contribution in [0.1, 0.15) is 19.3 Å². The van der Waals surface area contributed by atoms with Crippen LogP contribution < -0.4 is 5.32 Å². The number of carbonyl (C=O) groups excluding carboxylic acids is 1. The zero-order valence-electron chi connectivity index (χ0n) is 9.76. The van der Waals surface area contributed by atoms with Crippen molar-refractivity contribution in [2.45, 2.75) is 31.3 Å². The summed E-state index contributed by atoms with van der Waals surface area (Å²) in [5, 5.41) is 2.80. The minimum Gasteiger partial charge on any atom is -0.334 e. The molecular weight excluding hydrogens is 240 g/mol. The Balaban J connectivity index is 1.89. The van der Waals surface area contributed by atoms with Crippen molar-refractivity contribution in [3.8, 4) is 0 Å². The standard InChI is InChI=1S/C11H18N2O3S/c1-2-6-13(10-3-4-10)11(14)12-9-5-7-17(15,16)8-9/h2,9-10H,1,3-8H2,(H,12,14). The second-order valence-corrected chi connectivity index (χ2v) is 6.95. The first-order chi connectivity index (χ1) is 8.02. The molecule has 1 atom stereocenters. The molecule has 2 amide bonds. The molecule has 17 heavy (non-hydrogen) atoms. The summed E-state index contributed by atoms with van der Waals surface area (Å²) < 4.78 is 22.6. The van der Waals surface area contributed by atoms with Crippen LogP contribution in [-0.2, 0) is 9.84 Å². The van der Waals surface area contributed by atoms with Gasteiger partial charge in [-0.15, -0.1) is 6.58 Å². The molecule has 1 saturated carbocycles. The summed E-state index contributed by atoms with van der Waals surface area (Å²) >= 11 is 0. The van der Waals surface area contributed by atoms with E-state index < -0.39 is 9.84 Å². The van der Waals surface area contributed by atoms with Crippen LogP contribution in [-0.4, -0.2) is 49.5 Å². The zero-order chi connectivity index (χ0) is 12.5. The van der Waals surface area contributed by atoms with Gasteiger partial charge in [-0.1, -0.05) is 6.08 Å². The molecule has 6 heteroatoms. The fraction of sp³-hybridized carbons (Fsp3) is 0.727. The van der Waals surface area contributed by atoms with E-state index >= 15 is 0 Å². The Morgan fingerprint density at radius 1 is 1.41 bits per heavy atom. The van der Waals surface area contributed by atoms with E-state index in [-0.39, 0.29) is 23.6 Å². The maximum Gasteiger partial charge on any atom is 0.318 e. The van der Waals surface area contributed by atoms with E-state index in [4.69, 9.17) is 0 Å². The SMILES string of the molecule is C=CCN(C(=O)NC1CCS(=O)(=O)C1)C1CC1. The maximum atomic E-state index is 12.0. The quantitative estimate of drug-likeness (QED) is 0.748. The molecule has 1 saturated heterocycles. The molecule has 1 aliphatic carbocycles. The van der Waals surface area contributed by atoms with E-state index in [2.05, 4.69) is 11.9 Å². The first-order valence-electron chi connectivity index (χ1n) is 5.90. The van der Waals surface area contributed by atoms with Gasteiger partial charge in [-0.2, -0.15) is 0 Å². The highest BCUT2D eigenvalue weighted by molar-refractivity contribution is 7.91. The third-order valence-corrected chi connectivity index (χ3v) is 4.90. The number of nitrogens with zero attached hydrogens (tertiary/aromatic N) is 1. The largest absolute Gasteiger partial charge is 0.334 e. The Morgan fingerprint density at radius 3 is 2.59 bits per heavy atom. The second-order valence-electron chi connectivity index (χ2n) is 4.72. The maximum absolute atomic E-state index is 12.0. The zero-order valence-corrected chi connectivity index (χ0v) is 10.6. The lowest BCUT2D eigenvalue weighted by Gasteiger charge is -2.23. The van der Waals surface area contributed by atoms with Crippen molar-refractivity contribution in [1.82, 2.24) is 10.2 Å². The molecule has 0 aromatic heterocycles. The van der Waals surface area contributed by atoms with Gasteiger partial charge in [0.25, 0.3) is 0 Å². The van der Waals surface area contributed by atoms with Crippen molar-refractivity contribution in [1.29, 1.82) is 0 Å². The van der Waals surface area contributed by atoms with Crippen molar-refractivity contribution in [2.75, 3.05) is 18.1 Å². The Hall–Kier alpha value is -1.04. The average molecular weight is 258 g/mol. The molecule has 0 radical (unpaired) electrons. The molecule has 0 aromatic rings. The van der Waals surface area contributed by atoms with E-state index in [0.29, 0.717) is 19.0 Å². The van der Waals surface area contributed by atoms with Gasteiger partial charge in [0.1, 0.15) is 0 Å². The lowest BCUT2D eigenvalue weighted by molar-refractivity contribution is 0.197. The molecule has 0 bridgehead atoms. The van der Waals surface area contributed by atoms with E-state index in [1.165, 1.54) is 0 Å². The number of hydrogen-bond acceptors (Lipinski definition) is 3. The number of sulfone groups is 1. The van der Waals surface area contributed by atoms with Gasteiger partial charge in [0.2, 0.25) is 0 Å². The van der Waals surface area contributed by atoms with Crippen molar-refractivity contribution in [2.24, 2.45) is 0 Å². The lowest BCUT2D eigenvalue weighted by atomic mass is 10.3. The minimum absolute atomic E-state index is 0.0747. The molecule has 5 nitrogen and oxygen atoms in total. The highest BCUT2D eigenvalue weighted by atomic mass is 32.2. The molecule has 1 unspecified atom stereocenters. The number of rotatable bonds is 4. The van der Waals surface area contributed by atoms with Gasteiger partial charge < -0.3 is 10.2 Å². The van der Waals surface area contributed by atoms with Gasteiger partial charge in [0.05, 0.1) is 11.5 Å². The number of hydrogen-bond donors (Lipinski definition) is 1. The smallest absolute Gasteiger partial charge is 0.318 e. The van der Waals surface area contributed by atoms with Gasteiger partial charge in [0.15, 0.2) is 9.84 Å². The first-order valence-corrected chi connectivity index (χ1v) is 7.72. The molecule has 2 fully saturated rings. The van der Waals surface area contributed by atoms with Crippen LogP contribution in [0.5, 0.6) is 0 Å². The monoisotopic (exact) mass is 258 g/mol. The molecular formula is C11H18N2O3S. The normalized spacial score (nSPS) is 26.5. The highest BCUT2D eigenvalue weighted by Crippen LogP contribution is 2.26. The third-order valence-electron chi connectivity index (χ3n) is 3.13. The van der Waals surface area contributed by atoms with Crippen LogP contribution in [0.15, 0.2) is 12.7 Å². The molecule has 96 valence electrons. The molecule has 2 aliphatic rings. The summed E-state index contributed by atoms with van der Waals surface area (Å²) in [7, 11) is -2.94. The number of urea groups is 1. The Morgan fingerprint density at radius 2 is 2.12 bits per heavy atom. The average Bonchev–Trinajstić information content (AvgIpc) is 3.01. The van der Waals surface area contributed by atoms with E-state index in [1.54, 1.807) is 11.0 Å². The molecule has 2 rings (SSSR count). The van der Waals surface area contributed by atoms with Crippen LogP contribution in [0.25, 0.3) is 0 Å². The van der Waals surface area contributed by atoms with E-state index in [0.717, 1.165) is 12.8 Å². The minimum atomic E-state index is -2.94. The van der Waals surface area contributed by atoms with Crippen molar-refractivity contribution in [3.63, 3.8) is 0 Å². The van der Waals surface area contributed by atoms with Crippen molar-refractivity contribution in [3.05, 3.63) is 12.7 Å². The molecule has 1 aliphatic heterocycles. The predicted octanol–water partition coefficient (Wildman–Crippen LogP) is 0.533. The van der Waals surface area contributed by atoms with Gasteiger partial charge in [-0.25, -0.2) is 13.2 Å². The lowest BCUT2D eigenvalue weighted by Crippen LogP contribution is -2.46. The number of amides is 2. The predicted molar refractivity (Wildman–Crippen MR) is 65.5 cm³/mol. The van der Waals surface area contributed by atoms with Gasteiger partial charge in [0, 0.05) is 18.6 Å². The van der Waals surface area contributed by atoms with Crippen LogP contribution in [0.4, 0.5) is 4.79 Å². The molecule has 0 spiro atoms. The van der Waals surface area contributed by atoms with Crippen LogP contribution >= 0.6 is 0 Å². The summed E-state index contributed by atoms with van der Waals surface area (Å²) in [6.07, 6.45) is 4.29. The van der Waals surface area contributed by atoms with Crippen LogP contribution in [0.2, 0.25) is 0 Å². The molecule has 1 N–H and O–H groups in total.